The Morgan fingerprint density at radius 2 is 1.39 bits per heavy atom. The molecule has 1 N–H and O–H groups in total. The van der Waals surface area contributed by atoms with E-state index in [0.29, 0.717) is 18.4 Å². The van der Waals surface area contributed by atoms with Crippen molar-refractivity contribution in [3.05, 3.63) is 0 Å². The lowest BCUT2D eigenvalue weighted by atomic mass is 10.0. The van der Waals surface area contributed by atoms with Crippen LogP contribution in [0, 0.1) is 5.92 Å². The lowest BCUT2D eigenvalue weighted by Gasteiger charge is -2.20. The number of unbranched alkanes of at least 4 members (excludes halogenated alkanes) is 6. The van der Waals surface area contributed by atoms with Gasteiger partial charge in [0.1, 0.15) is 5.78 Å². The van der Waals surface area contributed by atoms with Crippen LogP contribution in [-0.2, 0) is 9.59 Å². The van der Waals surface area contributed by atoms with E-state index in [0.717, 1.165) is 32.2 Å². The molecule has 4 nitrogen and oxygen atoms in total. The molecule has 0 fully saturated rings. The van der Waals surface area contributed by atoms with Gasteiger partial charge in [-0.2, -0.15) is 0 Å². The van der Waals surface area contributed by atoms with E-state index in [1.165, 1.54) is 25.7 Å². The number of carbonyl (C=O) groups is 2. The molecule has 0 spiro atoms. The van der Waals surface area contributed by atoms with E-state index in [9.17, 15) is 9.59 Å². The minimum Gasteiger partial charge on any atom is -0.355 e. The van der Waals surface area contributed by atoms with Crippen molar-refractivity contribution in [1.29, 1.82) is 0 Å². The Hall–Kier alpha value is -0.900. The van der Waals surface area contributed by atoms with Gasteiger partial charge in [-0.05, 0) is 33.7 Å². The van der Waals surface area contributed by atoms with Crippen molar-refractivity contribution < 1.29 is 9.59 Å². The fourth-order valence-electron chi connectivity index (χ4n) is 2.29. The van der Waals surface area contributed by atoms with Crippen molar-refractivity contribution >= 4 is 11.7 Å². The molecule has 0 radical (unpaired) electrons. The molecule has 0 aliphatic rings. The topological polar surface area (TPSA) is 49.4 Å². The van der Waals surface area contributed by atoms with Crippen LogP contribution >= 0.6 is 0 Å². The van der Waals surface area contributed by atoms with Crippen LogP contribution in [0.5, 0.6) is 0 Å². The molecule has 0 aromatic carbocycles. The van der Waals surface area contributed by atoms with Crippen molar-refractivity contribution in [3.8, 4) is 0 Å². The van der Waals surface area contributed by atoms with Crippen LogP contribution in [0.1, 0.15) is 79.1 Å². The summed E-state index contributed by atoms with van der Waals surface area (Å²) in [7, 11) is 1.97. The fraction of sp³-hybridized carbons (Fsp3) is 0.895. The van der Waals surface area contributed by atoms with Crippen LogP contribution < -0.4 is 5.32 Å². The Labute approximate surface area is 143 Å². The van der Waals surface area contributed by atoms with Crippen LogP contribution in [0.3, 0.4) is 0 Å². The maximum atomic E-state index is 11.7. The van der Waals surface area contributed by atoms with E-state index in [-0.39, 0.29) is 11.8 Å². The zero-order valence-corrected chi connectivity index (χ0v) is 16.0. The average molecular weight is 327 g/mol. The molecular formula is C19H38N2O2. The van der Waals surface area contributed by atoms with E-state index in [1.54, 1.807) is 0 Å². The highest BCUT2D eigenvalue weighted by molar-refractivity contribution is 5.80. The molecule has 0 aliphatic carbocycles. The first-order valence-electron chi connectivity index (χ1n) is 9.34. The minimum atomic E-state index is 0.121. The second-order valence-corrected chi connectivity index (χ2v) is 7.20. The predicted molar refractivity (Wildman–Crippen MR) is 97.6 cm³/mol. The van der Waals surface area contributed by atoms with Crippen LogP contribution in [0.25, 0.3) is 0 Å². The van der Waals surface area contributed by atoms with Gasteiger partial charge in [0.2, 0.25) is 5.91 Å². The van der Waals surface area contributed by atoms with E-state index >= 15 is 0 Å². The number of Topliss-reactive ketones (excluding diaryl/α,β-unsaturated/α-hetero) is 1. The molecule has 0 saturated carbocycles. The molecule has 0 saturated heterocycles. The maximum absolute atomic E-state index is 11.7. The highest BCUT2D eigenvalue weighted by atomic mass is 16.2. The Bertz CT molecular complexity index is 327. The van der Waals surface area contributed by atoms with Crippen molar-refractivity contribution in [2.75, 3.05) is 20.1 Å². The normalized spacial score (nSPS) is 11.5. The smallest absolute Gasteiger partial charge is 0.234 e. The summed E-state index contributed by atoms with van der Waals surface area (Å²) in [6.07, 6.45) is 8.85. The highest BCUT2D eigenvalue weighted by Gasteiger charge is 2.08. The molecule has 23 heavy (non-hydrogen) atoms. The molecule has 0 bridgehead atoms. The van der Waals surface area contributed by atoms with Crippen molar-refractivity contribution in [3.63, 3.8) is 0 Å². The molecular weight excluding hydrogens is 288 g/mol. The Morgan fingerprint density at radius 3 is 1.91 bits per heavy atom. The van der Waals surface area contributed by atoms with Crippen molar-refractivity contribution in [2.24, 2.45) is 5.92 Å². The summed E-state index contributed by atoms with van der Waals surface area (Å²) in [6.45, 7) is 9.39. The van der Waals surface area contributed by atoms with Gasteiger partial charge in [-0.1, -0.05) is 46.0 Å². The first kappa shape index (κ1) is 22.1. The molecule has 4 heteroatoms. The fourth-order valence-corrected chi connectivity index (χ4v) is 2.29. The Morgan fingerprint density at radius 1 is 0.870 bits per heavy atom. The number of hydrogen-bond donors (Lipinski definition) is 1. The van der Waals surface area contributed by atoms with Gasteiger partial charge in [0, 0.05) is 24.9 Å². The summed E-state index contributed by atoms with van der Waals surface area (Å²) < 4.78 is 0. The van der Waals surface area contributed by atoms with Gasteiger partial charge in [-0.15, -0.1) is 0 Å². The SMILES string of the molecule is CC(C)C(=O)CCCCCCCCCNC(=O)CN(C)C(C)C. The van der Waals surface area contributed by atoms with Gasteiger partial charge in [0.15, 0.2) is 0 Å². The molecule has 0 heterocycles. The molecule has 136 valence electrons. The molecule has 0 aromatic rings. The molecule has 0 aromatic heterocycles. The van der Waals surface area contributed by atoms with Crippen LogP contribution in [-0.4, -0.2) is 42.8 Å². The lowest BCUT2D eigenvalue weighted by Crippen LogP contribution is -2.38. The lowest BCUT2D eigenvalue weighted by molar-refractivity contribution is -0.123. The summed E-state index contributed by atoms with van der Waals surface area (Å²) in [5, 5.41) is 2.98. The Kier molecular flexibility index (Phi) is 13.0. The largest absolute Gasteiger partial charge is 0.355 e. The van der Waals surface area contributed by atoms with E-state index < -0.39 is 0 Å². The first-order chi connectivity index (χ1) is 10.8. The third-order valence-electron chi connectivity index (χ3n) is 4.34. The quantitative estimate of drug-likeness (QED) is 0.494. The summed E-state index contributed by atoms with van der Waals surface area (Å²) in [5.41, 5.74) is 0. The standard InChI is InChI=1S/C19H38N2O2/c1-16(2)18(22)13-11-9-7-6-8-10-12-14-20-19(23)15-21(5)17(3)4/h16-17H,6-15H2,1-5H3,(H,20,23). The summed E-state index contributed by atoms with van der Waals surface area (Å²) in [4.78, 5) is 25.2. The molecule has 0 unspecified atom stereocenters. The van der Waals surface area contributed by atoms with E-state index in [4.69, 9.17) is 0 Å². The Balaban J connectivity index is 3.34. The number of rotatable bonds is 14. The third-order valence-corrected chi connectivity index (χ3v) is 4.34. The molecule has 0 aliphatic heterocycles. The van der Waals surface area contributed by atoms with Crippen LogP contribution in [0.2, 0.25) is 0 Å². The third kappa shape index (κ3) is 13.3. The molecule has 0 atom stereocenters. The summed E-state index contributed by atoms with van der Waals surface area (Å²) in [6, 6.07) is 0.400. The van der Waals surface area contributed by atoms with Gasteiger partial charge >= 0.3 is 0 Å². The number of ketones is 1. The predicted octanol–water partition coefficient (Wildman–Crippen LogP) is 3.79. The minimum absolute atomic E-state index is 0.121. The zero-order chi connectivity index (χ0) is 17.7. The van der Waals surface area contributed by atoms with Gasteiger partial charge < -0.3 is 5.32 Å². The monoisotopic (exact) mass is 326 g/mol. The summed E-state index contributed by atoms with van der Waals surface area (Å²) >= 11 is 0. The molecule has 0 rings (SSSR count). The number of nitrogens with one attached hydrogen (secondary N) is 1. The zero-order valence-electron chi connectivity index (χ0n) is 16.0. The number of carbonyl (C=O) groups excluding carboxylic acids is 2. The van der Waals surface area contributed by atoms with Crippen LogP contribution in [0.4, 0.5) is 0 Å². The second kappa shape index (κ2) is 13.5. The number of hydrogen-bond acceptors (Lipinski definition) is 3. The van der Waals surface area contributed by atoms with Gasteiger partial charge in [-0.3, -0.25) is 14.5 Å². The van der Waals surface area contributed by atoms with E-state index in [1.807, 2.05) is 25.8 Å². The second-order valence-electron chi connectivity index (χ2n) is 7.20. The first-order valence-corrected chi connectivity index (χ1v) is 9.34. The van der Waals surface area contributed by atoms with Crippen molar-refractivity contribution in [1.82, 2.24) is 10.2 Å². The highest BCUT2D eigenvalue weighted by Crippen LogP contribution is 2.10. The summed E-state index contributed by atoms with van der Waals surface area (Å²) in [5.74, 6) is 0.699. The number of nitrogens with zero attached hydrogens (tertiary/aromatic N) is 1. The van der Waals surface area contributed by atoms with Gasteiger partial charge in [0.05, 0.1) is 6.54 Å². The van der Waals surface area contributed by atoms with Crippen molar-refractivity contribution in [2.45, 2.75) is 85.1 Å². The number of amides is 1. The van der Waals surface area contributed by atoms with Crippen LogP contribution in [0.15, 0.2) is 0 Å². The van der Waals surface area contributed by atoms with Gasteiger partial charge in [0.25, 0.3) is 0 Å². The number of likely N-dealkylation sites (N-methyl/N-ethyl adjacent to an activating group) is 1. The van der Waals surface area contributed by atoms with E-state index in [2.05, 4.69) is 19.2 Å². The average Bonchev–Trinajstić information content (AvgIpc) is 2.48. The maximum Gasteiger partial charge on any atom is 0.234 e. The van der Waals surface area contributed by atoms with Gasteiger partial charge in [-0.25, -0.2) is 0 Å². The molecule has 1 amide bonds.